The first-order valence-electron chi connectivity index (χ1n) is 3.89. The average Bonchev–Trinajstić information content (AvgIpc) is 2.55. The molecule has 0 unspecified atom stereocenters. The lowest BCUT2D eigenvalue weighted by Crippen LogP contribution is -1.95. The number of aromatic nitrogens is 2. The van der Waals surface area contributed by atoms with Crippen LogP contribution in [0.3, 0.4) is 0 Å². The molecule has 0 bridgehead atoms. The predicted molar refractivity (Wildman–Crippen MR) is 48.4 cm³/mol. The summed E-state index contributed by atoms with van der Waals surface area (Å²) < 4.78 is 6.19. The molecule has 0 aliphatic heterocycles. The van der Waals surface area contributed by atoms with Gasteiger partial charge >= 0.3 is 11.7 Å². The Balaban J connectivity index is 2.81. The second-order valence-corrected chi connectivity index (χ2v) is 2.63. The van der Waals surface area contributed by atoms with Gasteiger partial charge in [-0.3, -0.25) is 0 Å². The third-order valence-electron chi connectivity index (χ3n) is 1.84. The van der Waals surface area contributed by atoms with Crippen LogP contribution in [0.25, 0.3) is 5.65 Å². The summed E-state index contributed by atoms with van der Waals surface area (Å²) in [6.07, 6.45) is 1.57. The molecule has 0 aliphatic carbocycles. The highest BCUT2D eigenvalue weighted by atomic mass is 16.6. The standard InChI is InChI=1S/C8H7N3O3/c1-14-7-8(11(12)13)10-5-3-2-4-6(10)9-7/h2-5H,1H3. The van der Waals surface area contributed by atoms with Gasteiger partial charge in [-0.1, -0.05) is 6.07 Å². The van der Waals surface area contributed by atoms with E-state index in [2.05, 4.69) is 4.98 Å². The molecule has 6 nitrogen and oxygen atoms in total. The lowest BCUT2D eigenvalue weighted by Gasteiger charge is -1.94. The van der Waals surface area contributed by atoms with Crippen LogP contribution in [0.4, 0.5) is 5.82 Å². The van der Waals surface area contributed by atoms with Gasteiger partial charge < -0.3 is 14.9 Å². The summed E-state index contributed by atoms with van der Waals surface area (Å²) in [4.78, 5) is 14.2. The molecule has 2 aromatic heterocycles. The van der Waals surface area contributed by atoms with Gasteiger partial charge in [0, 0.05) is 6.07 Å². The van der Waals surface area contributed by atoms with Crippen LogP contribution in [0, 0.1) is 10.1 Å². The molecule has 14 heavy (non-hydrogen) atoms. The van der Waals surface area contributed by atoms with Gasteiger partial charge in [0.15, 0.2) is 0 Å². The topological polar surface area (TPSA) is 69.7 Å². The van der Waals surface area contributed by atoms with Gasteiger partial charge in [-0.05, 0) is 11.0 Å². The van der Waals surface area contributed by atoms with Crippen molar-refractivity contribution in [1.82, 2.24) is 9.38 Å². The Bertz CT molecular complexity index is 492. The normalized spacial score (nSPS) is 10.4. The molecule has 2 aromatic rings. The fourth-order valence-electron chi connectivity index (χ4n) is 1.26. The van der Waals surface area contributed by atoms with E-state index in [9.17, 15) is 10.1 Å². The molecular formula is C8H7N3O3. The van der Waals surface area contributed by atoms with Crippen molar-refractivity contribution in [2.45, 2.75) is 0 Å². The number of nitro groups is 1. The highest BCUT2D eigenvalue weighted by molar-refractivity contribution is 5.52. The van der Waals surface area contributed by atoms with Crippen LogP contribution in [0.2, 0.25) is 0 Å². The molecule has 0 saturated carbocycles. The molecule has 0 radical (unpaired) electrons. The number of pyridine rings is 1. The van der Waals surface area contributed by atoms with Gasteiger partial charge in [-0.25, -0.2) is 0 Å². The first kappa shape index (κ1) is 8.49. The number of imidazole rings is 1. The fraction of sp³-hybridized carbons (Fsp3) is 0.125. The Morgan fingerprint density at radius 1 is 1.57 bits per heavy atom. The van der Waals surface area contributed by atoms with E-state index in [1.807, 2.05) is 0 Å². The van der Waals surface area contributed by atoms with Crippen LogP contribution in [-0.4, -0.2) is 21.4 Å². The van der Waals surface area contributed by atoms with E-state index in [0.717, 1.165) is 0 Å². The number of methoxy groups -OCH3 is 1. The van der Waals surface area contributed by atoms with Crippen molar-refractivity contribution in [1.29, 1.82) is 0 Å². The molecule has 2 rings (SSSR count). The van der Waals surface area contributed by atoms with Crippen LogP contribution in [0.15, 0.2) is 24.4 Å². The average molecular weight is 193 g/mol. The number of ether oxygens (including phenoxy) is 1. The van der Waals surface area contributed by atoms with E-state index in [1.54, 1.807) is 24.4 Å². The first-order valence-corrected chi connectivity index (χ1v) is 3.89. The Morgan fingerprint density at radius 3 is 3.00 bits per heavy atom. The zero-order valence-electron chi connectivity index (χ0n) is 7.38. The second-order valence-electron chi connectivity index (χ2n) is 2.63. The summed E-state index contributed by atoms with van der Waals surface area (Å²) in [7, 11) is 1.36. The van der Waals surface area contributed by atoms with E-state index in [1.165, 1.54) is 11.5 Å². The maximum Gasteiger partial charge on any atom is 0.392 e. The molecule has 0 amide bonds. The maximum absolute atomic E-state index is 10.7. The number of fused-ring (bicyclic) bond motifs is 1. The van der Waals surface area contributed by atoms with Crippen molar-refractivity contribution < 1.29 is 9.66 Å². The Labute approximate surface area is 78.9 Å². The fourth-order valence-corrected chi connectivity index (χ4v) is 1.26. The largest absolute Gasteiger partial charge is 0.475 e. The molecule has 0 spiro atoms. The van der Waals surface area contributed by atoms with E-state index in [4.69, 9.17) is 4.74 Å². The van der Waals surface area contributed by atoms with Crippen LogP contribution in [0.5, 0.6) is 5.88 Å². The summed E-state index contributed by atoms with van der Waals surface area (Å²) in [6, 6.07) is 5.13. The van der Waals surface area contributed by atoms with Crippen molar-refractivity contribution in [2.75, 3.05) is 7.11 Å². The minimum Gasteiger partial charge on any atom is -0.475 e. The van der Waals surface area contributed by atoms with Crippen LogP contribution < -0.4 is 4.74 Å². The number of hydrogen-bond donors (Lipinski definition) is 0. The highest BCUT2D eigenvalue weighted by Gasteiger charge is 2.22. The molecule has 6 heteroatoms. The quantitative estimate of drug-likeness (QED) is 0.531. The van der Waals surface area contributed by atoms with Crippen LogP contribution in [-0.2, 0) is 0 Å². The smallest absolute Gasteiger partial charge is 0.392 e. The van der Waals surface area contributed by atoms with Crippen LogP contribution in [0.1, 0.15) is 0 Å². The van der Waals surface area contributed by atoms with Gasteiger partial charge in [0.05, 0.1) is 13.3 Å². The van der Waals surface area contributed by atoms with Gasteiger partial charge in [0.1, 0.15) is 0 Å². The zero-order valence-corrected chi connectivity index (χ0v) is 7.38. The highest BCUT2D eigenvalue weighted by Crippen LogP contribution is 2.26. The lowest BCUT2D eigenvalue weighted by molar-refractivity contribution is -0.391. The van der Waals surface area contributed by atoms with Crippen molar-refractivity contribution >= 4 is 11.5 Å². The van der Waals surface area contributed by atoms with Crippen molar-refractivity contribution in [3.63, 3.8) is 0 Å². The minimum absolute atomic E-state index is 0.0289. The second kappa shape index (κ2) is 2.99. The Morgan fingerprint density at radius 2 is 2.36 bits per heavy atom. The molecule has 0 atom stereocenters. The number of rotatable bonds is 2. The number of nitrogens with zero attached hydrogens (tertiary/aromatic N) is 3. The predicted octanol–water partition coefficient (Wildman–Crippen LogP) is 1.25. The molecule has 0 fully saturated rings. The van der Waals surface area contributed by atoms with Crippen molar-refractivity contribution in [3.05, 3.63) is 34.5 Å². The van der Waals surface area contributed by atoms with Crippen molar-refractivity contribution in [2.24, 2.45) is 0 Å². The molecule has 2 heterocycles. The minimum atomic E-state index is -0.515. The molecule has 72 valence electrons. The monoisotopic (exact) mass is 193 g/mol. The van der Waals surface area contributed by atoms with Crippen LogP contribution >= 0.6 is 0 Å². The lowest BCUT2D eigenvalue weighted by atomic mass is 10.5. The van der Waals surface area contributed by atoms with Gasteiger partial charge in [0.2, 0.25) is 5.65 Å². The summed E-state index contributed by atoms with van der Waals surface area (Å²) >= 11 is 0. The summed E-state index contributed by atoms with van der Waals surface area (Å²) in [5, 5.41) is 10.7. The van der Waals surface area contributed by atoms with E-state index < -0.39 is 4.92 Å². The Kier molecular flexibility index (Phi) is 1.81. The summed E-state index contributed by atoms with van der Waals surface area (Å²) in [5.74, 6) is -0.121. The SMILES string of the molecule is COc1nc2ccccn2c1[N+](=O)[O-]. The molecule has 0 N–H and O–H groups in total. The third kappa shape index (κ3) is 1.08. The molecule has 0 aromatic carbocycles. The summed E-state index contributed by atoms with van der Waals surface area (Å²) in [6.45, 7) is 0. The van der Waals surface area contributed by atoms with E-state index in [0.29, 0.717) is 5.65 Å². The molecule has 0 aliphatic rings. The van der Waals surface area contributed by atoms with E-state index in [-0.39, 0.29) is 11.7 Å². The Hall–Kier alpha value is -2.11. The van der Waals surface area contributed by atoms with Gasteiger partial charge in [0.25, 0.3) is 0 Å². The molecular weight excluding hydrogens is 186 g/mol. The van der Waals surface area contributed by atoms with Gasteiger partial charge in [-0.15, -0.1) is 0 Å². The van der Waals surface area contributed by atoms with Gasteiger partial charge in [-0.2, -0.15) is 9.38 Å². The van der Waals surface area contributed by atoms with E-state index >= 15 is 0 Å². The molecule has 0 saturated heterocycles. The third-order valence-corrected chi connectivity index (χ3v) is 1.84. The van der Waals surface area contributed by atoms with Crippen molar-refractivity contribution in [3.8, 4) is 5.88 Å². The first-order chi connectivity index (χ1) is 6.74. The number of hydrogen-bond acceptors (Lipinski definition) is 4. The summed E-state index contributed by atoms with van der Waals surface area (Å²) in [5.41, 5.74) is 0.496. The maximum atomic E-state index is 10.7. The zero-order chi connectivity index (χ0) is 10.1.